The molecule has 48 valence electrons. The molecule has 0 aromatic carbocycles. The normalized spacial score (nSPS) is 9.11. The summed E-state index contributed by atoms with van der Waals surface area (Å²) < 4.78 is 2.05. The summed E-state index contributed by atoms with van der Waals surface area (Å²) in [7, 11) is 4.06. The Labute approximate surface area is 59.3 Å². The average Bonchev–Trinajstić information content (AvgIpc) is 2.15. The van der Waals surface area contributed by atoms with E-state index in [1.54, 1.807) is 11.3 Å². The predicted octanol–water partition coefficient (Wildman–Crippen LogP) is 1.44. The van der Waals surface area contributed by atoms with E-state index in [0.29, 0.717) is 0 Å². The van der Waals surface area contributed by atoms with Crippen molar-refractivity contribution < 1.29 is 4.58 Å². The van der Waals surface area contributed by atoms with Crippen molar-refractivity contribution in [1.82, 2.24) is 0 Å². The van der Waals surface area contributed by atoms with E-state index in [2.05, 4.69) is 23.7 Å². The Morgan fingerprint density at radius 2 is 2.33 bits per heavy atom. The maximum atomic E-state index is 2.10. The van der Waals surface area contributed by atoms with Crippen LogP contribution in [0.3, 0.4) is 0 Å². The quantitative estimate of drug-likeness (QED) is 0.410. The second kappa shape index (κ2) is 2.78. The van der Waals surface area contributed by atoms with E-state index >= 15 is 0 Å². The smallest absolute Gasteiger partial charge is 0.180 e. The fourth-order valence-corrected chi connectivity index (χ4v) is 1.36. The number of nitrogens with zero attached hydrogens (tertiary/aromatic N) is 1. The number of rotatable bonds is 1. The van der Waals surface area contributed by atoms with Gasteiger partial charge in [0.1, 0.15) is 14.1 Å². The molecular weight excluding hydrogens is 130 g/mol. The Balaban J connectivity index is 2.80. The highest BCUT2D eigenvalue weighted by Crippen LogP contribution is 2.03. The van der Waals surface area contributed by atoms with Crippen LogP contribution in [-0.4, -0.2) is 24.9 Å². The lowest BCUT2D eigenvalue weighted by atomic mass is 10.5. The van der Waals surface area contributed by atoms with Crippen molar-refractivity contribution in [2.24, 2.45) is 0 Å². The van der Waals surface area contributed by atoms with Crippen LogP contribution in [0, 0.1) is 0 Å². The minimum absolute atomic E-state index is 1.31. The van der Waals surface area contributed by atoms with Gasteiger partial charge in [-0.15, -0.1) is 11.3 Å². The molecule has 0 bridgehead atoms. The summed E-state index contributed by atoms with van der Waals surface area (Å²) in [5.74, 6) is 0. The van der Waals surface area contributed by atoms with E-state index in [-0.39, 0.29) is 0 Å². The molecule has 0 N–H and O–H groups in total. The second-order valence-corrected chi connectivity index (χ2v) is 3.09. The van der Waals surface area contributed by atoms with Crippen molar-refractivity contribution >= 4 is 17.6 Å². The molecule has 9 heavy (non-hydrogen) atoms. The summed E-state index contributed by atoms with van der Waals surface area (Å²) in [4.78, 5) is 1.31. The zero-order valence-corrected chi connectivity index (χ0v) is 6.48. The largest absolute Gasteiger partial charge is 0.240 e. The van der Waals surface area contributed by atoms with E-state index in [1.165, 1.54) is 4.88 Å². The predicted molar refractivity (Wildman–Crippen MR) is 41.6 cm³/mol. The number of thiophene rings is 1. The topological polar surface area (TPSA) is 3.01 Å². The highest BCUT2D eigenvalue weighted by atomic mass is 32.1. The molecule has 0 fully saturated rings. The Morgan fingerprint density at radius 1 is 1.56 bits per heavy atom. The van der Waals surface area contributed by atoms with Gasteiger partial charge in [0.25, 0.3) is 0 Å². The molecule has 1 aromatic rings. The third-order valence-corrected chi connectivity index (χ3v) is 1.74. The van der Waals surface area contributed by atoms with Crippen LogP contribution in [0.25, 0.3) is 0 Å². The van der Waals surface area contributed by atoms with E-state index in [0.717, 1.165) is 0 Å². The lowest BCUT2D eigenvalue weighted by Crippen LogP contribution is -1.97. The van der Waals surface area contributed by atoms with Crippen LogP contribution >= 0.6 is 11.3 Å². The molecule has 0 saturated heterocycles. The first-order valence-corrected chi connectivity index (χ1v) is 3.72. The molecule has 1 heterocycles. The van der Waals surface area contributed by atoms with Gasteiger partial charge in [0.2, 0.25) is 0 Å². The van der Waals surface area contributed by atoms with Crippen LogP contribution in [0.15, 0.2) is 17.5 Å². The van der Waals surface area contributed by atoms with Crippen LogP contribution in [0.5, 0.6) is 0 Å². The molecule has 0 aliphatic heterocycles. The zero-order valence-electron chi connectivity index (χ0n) is 5.66. The van der Waals surface area contributed by atoms with Gasteiger partial charge in [-0.1, -0.05) is 6.07 Å². The first kappa shape index (κ1) is 6.49. The Morgan fingerprint density at radius 3 is 2.78 bits per heavy atom. The van der Waals surface area contributed by atoms with Crippen molar-refractivity contribution in [3.8, 4) is 0 Å². The molecule has 0 radical (unpaired) electrons. The maximum absolute atomic E-state index is 2.10. The van der Waals surface area contributed by atoms with Crippen molar-refractivity contribution in [3.05, 3.63) is 22.4 Å². The lowest BCUT2D eigenvalue weighted by Gasteiger charge is -1.80. The molecule has 0 amide bonds. The van der Waals surface area contributed by atoms with Crippen LogP contribution in [0.1, 0.15) is 4.88 Å². The first-order valence-electron chi connectivity index (χ1n) is 2.84. The highest BCUT2D eigenvalue weighted by molar-refractivity contribution is 7.11. The second-order valence-electron chi connectivity index (χ2n) is 2.11. The van der Waals surface area contributed by atoms with Gasteiger partial charge in [0.05, 0.1) is 4.88 Å². The molecule has 2 heteroatoms. The molecule has 0 aliphatic carbocycles. The van der Waals surface area contributed by atoms with Gasteiger partial charge >= 0.3 is 0 Å². The lowest BCUT2D eigenvalue weighted by molar-refractivity contribution is -0.458. The van der Waals surface area contributed by atoms with Crippen LogP contribution in [0.2, 0.25) is 0 Å². The van der Waals surface area contributed by atoms with E-state index in [9.17, 15) is 0 Å². The standard InChI is InChI=1S/C7H10NS/c1-8(2)6-7-4-3-5-9-7/h3-6H,1-2H3/q+1. The van der Waals surface area contributed by atoms with E-state index < -0.39 is 0 Å². The van der Waals surface area contributed by atoms with Gasteiger partial charge < -0.3 is 0 Å². The van der Waals surface area contributed by atoms with Crippen molar-refractivity contribution in [1.29, 1.82) is 0 Å². The molecule has 0 aliphatic rings. The highest BCUT2D eigenvalue weighted by Gasteiger charge is 1.89. The third-order valence-electron chi connectivity index (χ3n) is 0.929. The molecule has 0 atom stereocenters. The molecule has 1 rings (SSSR count). The SMILES string of the molecule is C[N+](C)=Cc1cccs1. The van der Waals surface area contributed by atoms with E-state index in [1.807, 2.05) is 18.7 Å². The molecule has 1 nitrogen and oxygen atoms in total. The molecule has 1 aromatic heterocycles. The minimum atomic E-state index is 1.31. The molecular formula is C7H10NS+. The maximum Gasteiger partial charge on any atom is 0.180 e. The van der Waals surface area contributed by atoms with Crippen LogP contribution in [-0.2, 0) is 0 Å². The van der Waals surface area contributed by atoms with Crippen molar-refractivity contribution in [2.75, 3.05) is 14.1 Å². The van der Waals surface area contributed by atoms with Crippen molar-refractivity contribution in [2.45, 2.75) is 0 Å². The molecule has 0 spiro atoms. The number of hydrogen-bond donors (Lipinski definition) is 0. The fourth-order valence-electron chi connectivity index (χ4n) is 0.619. The van der Waals surface area contributed by atoms with Crippen LogP contribution in [0.4, 0.5) is 0 Å². The van der Waals surface area contributed by atoms with Crippen molar-refractivity contribution in [3.63, 3.8) is 0 Å². The molecule has 0 saturated carbocycles. The monoisotopic (exact) mass is 140 g/mol. The summed E-state index contributed by atoms with van der Waals surface area (Å²) in [6.45, 7) is 0. The van der Waals surface area contributed by atoms with Gasteiger partial charge in [0.15, 0.2) is 6.21 Å². The van der Waals surface area contributed by atoms with Gasteiger partial charge in [0, 0.05) is 0 Å². The summed E-state index contributed by atoms with van der Waals surface area (Å²) >= 11 is 1.75. The summed E-state index contributed by atoms with van der Waals surface area (Å²) in [6.07, 6.45) is 2.10. The molecule has 0 unspecified atom stereocenters. The fraction of sp³-hybridized carbons (Fsp3) is 0.286. The average molecular weight is 140 g/mol. The third kappa shape index (κ3) is 1.98. The van der Waals surface area contributed by atoms with E-state index in [4.69, 9.17) is 0 Å². The Bertz CT molecular complexity index is 195. The van der Waals surface area contributed by atoms with Gasteiger partial charge in [-0.3, -0.25) is 0 Å². The zero-order chi connectivity index (χ0) is 6.69. The number of hydrogen-bond acceptors (Lipinski definition) is 1. The van der Waals surface area contributed by atoms with Gasteiger partial charge in [-0.05, 0) is 11.4 Å². The van der Waals surface area contributed by atoms with Gasteiger partial charge in [-0.25, -0.2) is 4.58 Å². The Kier molecular flexibility index (Phi) is 2.01. The summed E-state index contributed by atoms with van der Waals surface area (Å²) in [5, 5.41) is 2.08. The summed E-state index contributed by atoms with van der Waals surface area (Å²) in [6, 6.07) is 4.16. The summed E-state index contributed by atoms with van der Waals surface area (Å²) in [5.41, 5.74) is 0. The Hall–Kier alpha value is -0.630. The van der Waals surface area contributed by atoms with Crippen LogP contribution < -0.4 is 0 Å². The minimum Gasteiger partial charge on any atom is -0.240 e. The first-order chi connectivity index (χ1) is 4.29. The van der Waals surface area contributed by atoms with Gasteiger partial charge in [-0.2, -0.15) is 0 Å².